The van der Waals surface area contributed by atoms with Crippen LogP contribution in [0.25, 0.3) is 0 Å². The van der Waals surface area contributed by atoms with Crippen molar-refractivity contribution in [3.8, 4) is 0 Å². The van der Waals surface area contributed by atoms with Crippen molar-refractivity contribution in [3.63, 3.8) is 0 Å². The lowest BCUT2D eigenvalue weighted by Crippen LogP contribution is -2.46. The molecule has 8 nitrogen and oxygen atoms in total. The predicted octanol–water partition coefficient (Wildman–Crippen LogP) is 14.9. The van der Waals surface area contributed by atoms with Crippen LogP contribution in [0.15, 0.2) is 109 Å². The van der Waals surface area contributed by atoms with Crippen molar-refractivity contribution >= 4 is 13.7 Å². The summed E-state index contributed by atoms with van der Waals surface area (Å²) in [4.78, 5) is 23.1. The Morgan fingerprint density at radius 2 is 0.938 bits per heavy atom. The highest BCUT2D eigenvalue weighted by molar-refractivity contribution is 7.47. The smallest absolute Gasteiger partial charge is 0.391 e. The van der Waals surface area contributed by atoms with Crippen LogP contribution in [0.5, 0.6) is 0 Å². The van der Waals surface area contributed by atoms with Gasteiger partial charge in [-0.05, 0) is 83.5 Å². The van der Waals surface area contributed by atoms with Gasteiger partial charge >= 0.3 is 7.82 Å². The van der Waals surface area contributed by atoms with Crippen molar-refractivity contribution in [1.29, 1.82) is 0 Å². The average molecular weight is 912 g/mol. The molecule has 0 aliphatic carbocycles. The van der Waals surface area contributed by atoms with E-state index in [-0.39, 0.29) is 19.1 Å². The predicted molar refractivity (Wildman–Crippen MR) is 276 cm³/mol. The van der Waals surface area contributed by atoms with Crippen LogP contribution in [0.4, 0.5) is 0 Å². The lowest BCUT2D eigenvalue weighted by Gasteiger charge is -2.26. The maximum atomic E-state index is 12.9. The number of hydrogen-bond acceptors (Lipinski definition) is 5. The van der Waals surface area contributed by atoms with Gasteiger partial charge in [0.2, 0.25) is 5.91 Å². The third kappa shape index (κ3) is 47.1. The van der Waals surface area contributed by atoms with Crippen LogP contribution in [0, 0.1) is 0 Å². The molecule has 64 heavy (non-hydrogen) atoms. The van der Waals surface area contributed by atoms with E-state index in [1.54, 1.807) is 0 Å². The van der Waals surface area contributed by atoms with Crippen LogP contribution >= 0.6 is 7.82 Å². The monoisotopic (exact) mass is 912 g/mol. The zero-order chi connectivity index (χ0) is 47.1. The van der Waals surface area contributed by atoms with E-state index < -0.39 is 20.0 Å². The maximum Gasteiger partial charge on any atom is 0.472 e. The number of hydrogen-bond donors (Lipinski definition) is 3. The Balaban J connectivity index is 4.07. The average Bonchev–Trinajstić information content (AvgIpc) is 3.25. The van der Waals surface area contributed by atoms with Gasteiger partial charge in [-0.2, -0.15) is 0 Å². The molecule has 0 rings (SSSR count). The Hall–Kier alpha value is -2.84. The fourth-order valence-corrected chi connectivity index (χ4v) is 7.30. The second-order valence-corrected chi connectivity index (χ2v) is 19.3. The number of carbonyl (C=O) groups is 1. The Labute approximate surface area is 393 Å². The second kappa shape index (κ2) is 45.3. The van der Waals surface area contributed by atoms with Gasteiger partial charge in [0, 0.05) is 6.42 Å². The van der Waals surface area contributed by atoms with Gasteiger partial charge in [0.05, 0.1) is 39.9 Å². The summed E-state index contributed by atoms with van der Waals surface area (Å²) in [5.74, 6) is -0.166. The molecule has 9 heteroatoms. The first kappa shape index (κ1) is 61.2. The number of aliphatic hydroxyl groups is 1. The number of nitrogens with zero attached hydrogens (tertiary/aromatic N) is 1. The minimum Gasteiger partial charge on any atom is -0.391 e. The van der Waals surface area contributed by atoms with E-state index in [4.69, 9.17) is 9.05 Å². The van der Waals surface area contributed by atoms with Gasteiger partial charge in [-0.1, -0.05) is 200 Å². The molecule has 3 N–H and O–H groups in total. The lowest BCUT2D eigenvalue weighted by atomic mass is 10.0. The van der Waals surface area contributed by atoms with E-state index in [9.17, 15) is 19.4 Å². The first-order chi connectivity index (χ1) is 31.0. The number of unbranched alkanes of at least 4 members (excludes halogenated alkanes) is 13. The summed E-state index contributed by atoms with van der Waals surface area (Å²) in [7, 11) is 1.59. The molecule has 0 saturated heterocycles. The van der Waals surface area contributed by atoms with Gasteiger partial charge in [-0.25, -0.2) is 4.57 Å². The molecule has 0 aliphatic heterocycles. The number of likely N-dealkylation sites (N-methyl/N-ethyl adjacent to an activating group) is 1. The zero-order valence-corrected chi connectivity index (χ0v) is 42.4. The van der Waals surface area contributed by atoms with E-state index in [0.29, 0.717) is 23.9 Å². The van der Waals surface area contributed by atoms with Crippen molar-refractivity contribution in [2.24, 2.45) is 0 Å². The molecule has 0 heterocycles. The number of nitrogens with one attached hydrogen (secondary N) is 1. The lowest BCUT2D eigenvalue weighted by molar-refractivity contribution is -0.870. The quantitative estimate of drug-likeness (QED) is 0.0243. The molecule has 0 saturated carbocycles. The normalized spacial score (nSPS) is 15.0. The van der Waals surface area contributed by atoms with Crippen molar-refractivity contribution in [2.45, 2.75) is 193 Å². The molecule has 3 unspecified atom stereocenters. The van der Waals surface area contributed by atoms with E-state index in [2.05, 4.69) is 129 Å². The van der Waals surface area contributed by atoms with Crippen molar-refractivity contribution in [1.82, 2.24) is 5.32 Å². The number of rotatable bonds is 44. The van der Waals surface area contributed by atoms with Gasteiger partial charge in [0.1, 0.15) is 13.2 Å². The van der Waals surface area contributed by atoms with Gasteiger partial charge in [0.15, 0.2) is 0 Å². The van der Waals surface area contributed by atoms with E-state index in [1.165, 1.54) is 44.9 Å². The minimum absolute atomic E-state index is 0.0660. The molecule has 3 atom stereocenters. The van der Waals surface area contributed by atoms with Crippen molar-refractivity contribution in [2.75, 3.05) is 40.9 Å². The van der Waals surface area contributed by atoms with Gasteiger partial charge in [-0.15, -0.1) is 0 Å². The molecule has 0 spiro atoms. The molecule has 0 aromatic heterocycles. The number of phosphoric ester groups is 1. The summed E-state index contributed by atoms with van der Waals surface area (Å²) < 4.78 is 23.5. The molecule has 0 aromatic rings. The first-order valence-corrected chi connectivity index (χ1v) is 26.7. The Bertz CT molecular complexity index is 1400. The SMILES string of the molecule is CC/C=C\C/C=C\C/C=C\C/C=C\C/C=C\C/C=C\C/C=C\C/C=C\C/C=C\CCCCCCCCCC(=O)NC(COP(=O)(O)OCC[N+](C)(C)C)C(O)CCCCCCCCC. The highest BCUT2D eigenvalue weighted by atomic mass is 31.2. The van der Waals surface area contributed by atoms with Gasteiger partial charge < -0.3 is 19.8 Å². The van der Waals surface area contributed by atoms with Crippen LogP contribution in [0.3, 0.4) is 0 Å². The molecule has 0 aromatic carbocycles. The van der Waals surface area contributed by atoms with Crippen molar-refractivity contribution < 1.29 is 32.9 Å². The second-order valence-electron chi connectivity index (χ2n) is 17.8. The van der Waals surface area contributed by atoms with E-state index in [1.807, 2.05) is 21.1 Å². The standard InChI is InChI=1S/C55H95N2O6P/c1-6-8-10-12-14-15-16-17-18-19-20-21-22-23-24-25-26-27-28-29-30-31-32-33-34-35-36-37-38-39-40-41-43-45-47-49-55(59)56-53(54(58)48-46-44-42-13-11-9-7-2)52-63-64(60,61)62-51-50-57(3,4)5/h8,10,14-15,17-18,20-21,23-24,26-27,29-30,32-33,35-36,53-54,58H,6-7,9,11-13,16,19,22,25,28,31,34,37-52H2,1-5H3,(H-,56,59,60,61)/p+1/b10-8-,15-14-,18-17-,21-20-,24-23-,27-26-,30-29-,33-32-,36-35-. The molecular weight excluding hydrogens is 816 g/mol. The van der Waals surface area contributed by atoms with Crippen molar-refractivity contribution in [3.05, 3.63) is 109 Å². The molecule has 0 radical (unpaired) electrons. The molecule has 0 fully saturated rings. The molecule has 0 aliphatic rings. The topological polar surface area (TPSA) is 105 Å². The Morgan fingerprint density at radius 1 is 0.547 bits per heavy atom. The summed E-state index contributed by atoms with van der Waals surface area (Å²) >= 11 is 0. The zero-order valence-electron chi connectivity index (χ0n) is 41.5. The Kier molecular flexibility index (Phi) is 43.3. The fourth-order valence-electron chi connectivity index (χ4n) is 6.57. The molecule has 1 amide bonds. The number of quaternary nitrogens is 1. The molecule has 366 valence electrons. The number of aliphatic hydroxyl groups excluding tert-OH is 1. The summed E-state index contributed by atoms with van der Waals surface area (Å²) in [5.41, 5.74) is 0. The number of amides is 1. The van der Waals surface area contributed by atoms with Crippen LogP contribution < -0.4 is 5.32 Å². The van der Waals surface area contributed by atoms with Crippen LogP contribution in [0.1, 0.15) is 181 Å². The van der Waals surface area contributed by atoms with E-state index >= 15 is 0 Å². The van der Waals surface area contributed by atoms with Crippen LogP contribution in [-0.4, -0.2) is 73.4 Å². The number of allylic oxidation sites excluding steroid dienone is 18. The third-order valence-corrected chi connectivity index (χ3v) is 11.5. The number of phosphoric acid groups is 1. The van der Waals surface area contributed by atoms with Crippen LogP contribution in [-0.2, 0) is 18.4 Å². The number of carbonyl (C=O) groups excluding carboxylic acids is 1. The fraction of sp³-hybridized carbons (Fsp3) is 0.655. The van der Waals surface area contributed by atoms with Crippen LogP contribution in [0.2, 0.25) is 0 Å². The molecular formula is C55H96N2O6P+. The third-order valence-electron chi connectivity index (χ3n) is 10.5. The highest BCUT2D eigenvalue weighted by Crippen LogP contribution is 2.43. The van der Waals surface area contributed by atoms with Gasteiger partial charge in [-0.3, -0.25) is 13.8 Å². The highest BCUT2D eigenvalue weighted by Gasteiger charge is 2.28. The summed E-state index contributed by atoms with van der Waals surface area (Å²) in [6.07, 6.45) is 65.9. The van der Waals surface area contributed by atoms with Gasteiger partial charge in [0.25, 0.3) is 0 Å². The van der Waals surface area contributed by atoms with E-state index in [0.717, 1.165) is 109 Å². The summed E-state index contributed by atoms with van der Waals surface area (Å²) in [6, 6.07) is -0.771. The minimum atomic E-state index is -4.32. The first-order valence-electron chi connectivity index (χ1n) is 25.3. The summed E-state index contributed by atoms with van der Waals surface area (Å²) in [6.45, 7) is 4.69. The Morgan fingerprint density at radius 3 is 1.38 bits per heavy atom. The summed E-state index contributed by atoms with van der Waals surface area (Å²) in [5, 5.41) is 13.8. The molecule has 0 bridgehead atoms. The largest absolute Gasteiger partial charge is 0.472 e. The maximum absolute atomic E-state index is 12.9.